The van der Waals surface area contributed by atoms with Crippen molar-refractivity contribution in [3.63, 3.8) is 0 Å². The van der Waals surface area contributed by atoms with Crippen LogP contribution in [-0.2, 0) is 11.3 Å². The van der Waals surface area contributed by atoms with Gasteiger partial charge in [-0.3, -0.25) is 9.69 Å². The monoisotopic (exact) mass is 327 g/mol. The molecule has 0 unspecified atom stereocenters. The first kappa shape index (κ1) is 15.4. The van der Waals surface area contributed by atoms with Gasteiger partial charge in [-0.2, -0.15) is 5.10 Å². The van der Waals surface area contributed by atoms with Gasteiger partial charge in [-0.1, -0.05) is 54.2 Å². The first-order chi connectivity index (χ1) is 11.2. The number of benzene rings is 2. The van der Waals surface area contributed by atoms with Gasteiger partial charge in [0.05, 0.1) is 18.5 Å². The van der Waals surface area contributed by atoms with E-state index in [0.29, 0.717) is 17.5 Å². The second-order valence-electron chi connectivity index (χ2n) is 4.93. The van der Waals surface area contributed by atoms with Crippen LogP contribution in [-0.4, -0.2) is 27.9 Å². The van der Waals surface area contributed by atoms with Crippen molar-refractivity contribution in [2.45, 2.75) is 6.54 Å². The topological polar surface area (TPSA) is 45.0 Å². The fourth-order valence-electron chi connectivity index (χ4n) is 2.08. The zero-order chi connectivity index (χ0) is 16.1. The van der Waals surface area contributed by atoms with Crippen molar-refractivity contribution in [3.8, 4) is 0 Å². The second-order valence-corrected chi connectivity index (χ2v) is 5.88. The Morgan fingerprint density at radius 3 is 2.61 bits per heavy atom. The van der Waals surface area contributed by atoms with E-state index in [-0.39, 0.29) is 11.7 Å². The fraction of sp³-hybridized carbons (Fsp3) is 0.118. The molecule has 23 heavy (non-hydrogen) atoms. The molecular formula is C17H14FN3OS. The van der Waals surface area contributed by atoms with E-state index in [1.54, 1.807) is 23.2 Å². The molecule has 6 heteroatoms. The number of nitrogens with zero attached hydrogens (tertiary/aromatic N) is 3. The minimum atomic E-state index is -0.294. The van der Waals surface area contributed by atoms with Gasteiger partial charge in [-0.05, 0) is 23.3 Å². The smallest absolute Gasteiger partial charge is 0.239 e. The van der Waals surface area contributed by atoms with Gasteiger partial charge >= 0.3 is 0 Å². The van der Waals surface area contributed by atoms with Gasteiger partial charge in [0, 0.05) is 0 Å². The predicted octanol–water partition coefficient (Wildman–Crippen LogP) is 3.29. The molecule has 0 bridgehead atoms. The number of thioether (sulfide) groups is 1. The molecule has 2 aromatic rings. The summed E-state index contributed by atoms with van der Waals surface area (Å²) in [6.45, 7) is 0.367. The van der Waals surface area contributed by atoms with Crippen LogP contribution in [0.5, 0.6) is 0 Å². The Labute approximate surface area is 137 Å². The molecular weight excluding hydrogens is 313 g/mol. The van der Waals surface area contributed by atoms with Gasteiger partial charge < -0.3 is 0 Å². The van der Waals surface area contributed by atoms with E-state index in [2.05, 4.69) is 10.2 Å². The number of amides is 1. The first-order valence-electron chi connectivity index (χ1n) is 7.06. The third-order valence-corrected chi connectivity index (χ3v) is 4.21. The molecule has 1 amide bonds. The summed E-state index contributed by atoms with van der Waals surface area (Å²) >= 11 is 1.35. The summed E-state index contributed by atoms with van der Waals surface area (Å²) in [7, 11) is 0. The molecule has 0 radical (unpaired) electrons. The second kappa shape index (κ2) is 7.19. The van der Waals surface area contributed by atoms with E-state index in [4.69, 9.17) is 0 Å². The van der Waals surface area contributed by atoms with E-state index in [1.807, 2.05) is 30.3 Å². The van der Waals surface area contributed by atoms with Crippen molar-refractivity contribution in [3.05, 3.63) is 71.5 Å². The summed E-state index contributed by atoms with van der Waals surface area (Å²) in [5.41, 5.74) is 1.79. The van der Waals surface area contributed by atoms with Gasteiger partial charge in [-0.25, -0.2) is 4.39 Å². The van der Waals surface area contributed by atoms with Crippen molar-refractivity contribution >= 4 is 29.1 Å². The average Bonchev–Trinajstić information content (AvgIpc) is 2.91. The fourth-order valence-corrected chi connectivity index (χ4v) is 2.92. The molecule has 1 heterocycles. The van der Waals surface area contributed by atoms with Gasteiger partial charge in [0.15, 0.2) is 5.17 Å². The molecule has 0 saturated carbocycles. The molecule has 1 fully saturated rings. The SMILES string of the molecule is O=C1CS/C(=N/N=C\c2ccccc2)N1Cc1ccc(F)cc1. The third-order valence-electron chi connectivity index (χ3n) is 3.26. The van der Waals surface area contributed by atoms with E-state index in [0.717, 1.165) is 11.1 Å². The maximum absolute atomic E-state index is 13.0. The number of carbonyl (C=O) groups is 1. The minimum Gasteiger partial charge on any atom is -0.285 e. The van der Waals surface area contributed by atoms with Crippen LogP contribution in [0.25, 0.3) is 0 Å². The van der Waals surface area contributed by atoms with E-state index >= 15 is 0 Å². The molecule has 4 nitrogen and oxygen atoms in total. The van der Waals surface area contributed by atoms with Crippen LogP contribution in [0.2, 0.25) is 0 Å². The lowest BCUT2D eigenvalue weighted by atomic mass is 10.2. The first-order valence-corrected chi connectivity index (χ1v) is 8.04. The number of hydrogen-bond donors (Lipinski definition) is 0. The molecule has 0 aliphatic carbocycles. The van der Waals surface area contributed by atoms with Crippen molar-refractivity contribution in [2.24, 2.45) is 10.2 Å². The zero-order valence-electron chi connectivity index (χ0n) is 12.2. The van der Waals surface area contributed by atoms with Crippen molar-refractivity contribution < 1.29 is 9.18 Å². The lowest BCUT2D eigenvalue weighted by Gasteiger charge is -2.15. The third kappa shape index (κ3) is 4.04. The summed E-state index contributed by atoms with van der Waals surface area (Å²) in [5.74, 6) is 0.0335. The summed E-state index contributed by atoms with van der Waals surface area (Å²) in [6, 6.07) is 15.7. The molecule has 1 aliphatic rings. The largest absolute Gasteiger partial charge is 0.285 e. The van der Waals surface area contributed by atoms with Crippen LogP contribution in [0.3, 0.4) is 0 Å². The van der Waals surface area contributed by atoms with Crippen LogP contribution in [0.4, 0.5) is 4.39 Å². The van der Waals surface area contributed by atoms with Gasteiger partial charge in [0.25, 0.3) is 0 Å². The predicted molar refractivity (Wildman–Crippen MR) is 90.9 cm³/mol. The molecule has 0 atom stereocenters. The number of carbonyl (C=O) groups excluding carboxylic acids is 1. The maximum atomic E-state index is 13.0. The Bertz CT molecular complexity index is 744. The van der Waals surface area contributed by atoms with Crippen molar-refractivity contribution in [1.29, 1.82) is 0 Å². The lowest BCUT2D eigenvalue weighted by molar-refractivity contribution is -0.124. The summed E-state index contributed by atoms with van der Waals surface area (Å²) in [6.07, 6.45) is 1.65. The number of halogens is 1. The Morgan fingerprint density at radius 1 is 1.13 bits per heavy atom. The standard InChI is InChI=1S/C17H14FN3OS/c18-15-8-6-14(7-9-15)11-21-16(22)12-23-17(21)20-19-10-13-4-2-1-3-5-13/h1-10H,11-12H2/b19-10-,20-17+. The summed E-state index contributed by atoms with van der Waals surface area (Å²) < 4.78 is 13.0. The maximum Gasteiger partial charge on any atom is 0.239 e. The Morgan fingerprint density at radius 2 is 1.87 bits per heavy atom. The zero-order valence-corrected chi connectivity index (χ0v) is 13.0. The van der Waals surface area contributed by atoms with Gasteiger partial charge in [0.1, 0.15) is 5.82 Å². The van der Waals surface area contributed by atoms with E-state index in [9.17, 15) is 9.18 Å². The number of hydrogen-bond acceptors (Lipinski definition) is 4. The molecule has 116 valence electrons. The van der Waals surface area contributed by atoms with Crippen LogP contribution in [0.1, 0.15) is 11.1 Å². The molecule has 0 aromatic heterocycles. The molecule has 3 rings (SSSR count). The Balaban J connectivity index is 1.73. The highest BCUT2D eigenvalue weighted by Gasteiger charge is 2.28. The molecule has 0 N–H and O–H groups in total. The summed E-state index contributed by atoms with van der Waals surface area (Å²) in [4.78, 5) is 13.6. The van der Waals surface area contributed by atoms with Crippen LogP contribution in [0.15, 0.2) is 64.8 Å². The van der Waals surface area contributed by atoms with Crippen molar-refractivity contribution in [1.82, 2.24) is 4.90 Å². The van der Waals surface area contributed by atoms with Crippen LogP contribution >= 0.6 is 11.8 Å². The van der Waals surface area contributed by atoms with Crippen molar-refractivity contribution in [2.75, 3.05) is 5.75 Å². The lowest BCUT2D eigenvalue weighted by Crippen LogP contribution is -2.28. The Kier molecular flexibility index (Phi) is 4.83. The molecule has 1 aliphatic heterocycles. The van der Waals surface area contributed by atoms with E-state index < -0.39 is 0 Å². The quantitative estimate of drug-likeness (QED) is 0.639. The highest BCUT2D eigenvalue weighted by atomic mass is 32.2. The molecule has 2 aromatic carbocycles. The molecule has 0 spiro atoms. The highest BCUT2D eigenvalue weighted by Crippen LogP contribution is 2.22. The highest BCUT2D eigenvalue weighted by molar-refractivity contribution is 8.15. The van der Waals surface area contributed by atoms with Gasteiger partial charge in [-0.15, -0.1) is 5.10 Å². The Hall–Kier alpha value is -2.47. The number of rotatable bonds is 4. The van der Waals surface area contributed by atoms with Gasteiger partial charge in [0.2, 0.25) is 5.91 Å². The minimum absolute atomic E-state index is 0.0204. The molecule has 1 saturated heterocycles. The normalized spacial score (nSPS) is 16.7. The average molecular weight is 327 g/mol. The van der Waals surface area contributed by atoms with Crippen LogP contribution in [0, 0.1) is 5.82 Å². The van der Waals surface area contributed by atoms with Crippen LogP contribution < -0.4 is 0 Å². The van der Waals surface area contributed by atoms with E-state index in [1.165, 1.54) is 23.9 Å². The summed E-state index contributed by atoms with van der Waals surface area (Å²) in [5, 5.41) is 8.76. The number of amidine groups is 1.